The third-order valence-electron chi connectivity index (χ3n) is 3.13. The predicted molar refractivity (Wildman–Crippen MR) is 86.2 cm³/mol. The monoisotopic (exact) mass is 300 g/mol. The van der Waals surface area contributed by atoms with Gasteiger partial charge in [-0.2, -0.15) is 4.98 Å². The molecule has 3 heterocycles. The zero-order chi connectivity index (χ0) is 14.8. The van der Waals surface area contributed by atoms with E-state index in [4.69, 9.17) is 5.84 Å². The molecule has 3 aromatic heterocycles. The van der Waals surface area contributed by atoms with Gasteiger partial charge in [-0.05, 0) is 32.0 Å². The predicted octanol–water partition coefficient (Wildman–Crippen LogP) is 2.85. The van der Waals surface area contributed by atoms with E-state index in [2.05, 4.69) is 31.8 Å². The van der Waals surface area contributed by atoms with Gasteiger partial charge < -0.3 is 5.32 Å². The molecule has 108 valence electrons. The third kappa shape index (κ3) is 2.79. The summed E-state index contributed by atoms with van der Waals surface area (Å²) in [6, 6.07) is 7.97. The summed E-state index contributed by atoms with van der Waals surface area (Å²) in [5, 5.41) is 4.39. The fraction of sp³-hybridized carbons (Fsp3) is 0.214. The number of nitrogens with two attached hydrogens (primary N) is 1. The molecular formula is C14H16N6S. The zero-order valence-corrected chi connectivity index (χ0v) is 12.6. The average molecular weight is 300 g/mol. The first-order chi connectivity index (χ1) is 10.2. The summed E-state index contributed by atoms with van der Waals surface area (Å²) in [5.41, 5.74) is 3.47. The minimum absolute atomic E-state index is 0.0372. The smallest absolute Gasteiger partial charge is 0.240 e. The van der Waals surface area contributed by atoms with Crippen molar-refractivity contribution in [2.75, 3.05) is 10.7 Å². The molecule has 3 aromatic rings. The topological polar surface area (TPSA) is 88.8 Å². The number of nitrogens with zero attached hydrogens (tertiary/aromatic N) is 3. The van der Waals surface area contributed by atoms with E-state index >= 15 is 0 Å². The number of hydrazine groups is 1. The summed E-state index contributed by atoms with van der Waals surface area (Å²) in [7, 11) is 0. The Bertz CT molecular complexity index is 755. The van der Waals surface area contributed by atoms with Crippen molar-refractivity contribution in [3.05, 3.63) is 41.0 Å². The standard InChI is InChI=1S/C14H16N6S/c1-8-7-10-12(18-14(20-15)19-13(10)21-8)17-9(2)11-5-3-4-6-16-11/h3-7,9H,15H2,1-2H3,(H2,17,18,19,20). The Labute approximate surface area is 126 Å². The summed E-state index contributed by atoms with van der Waals surface area (Å²) in [4.78, 5) is 15.2. The zero-order valence-electron chi connectivity index (χ0n) is 11.8. The summed E-state index contributed by atoms with van der Waals surface area (Å²) in [6.45, 7) is 4.10. The first-order valence-electron chi connectivity index (χ1n) is 6.59. The second kappa shape index (κ2) is 5.63. The Hall–Kier alpha value is -2.25. The lowest BCUT2D eigenvalue weighted by Gasteiger charge is -2.15. The van der Waals surface area contributed by atoms with E-state index in [1.165, 1.54) is 4.88 Å². The fourth-order valence-electron chi connectivity index (χ4n) is 2.13. The molecule has 0 saturated carbocycles. The van der Waals surface area contributed by atoms with Crippen LogP contribution in [0, 0.1) is 6.92 Å². The molecule has 0 saturated heterocycles. The molecule has 0 amide bonds. The van der Waals surface area contributed by atoms with Crippen molar-refractivity contribution >= 4 is 33.3 Å². The van der Waals surface area contributed by atoms with Crippen LogP contribution in [0.4, 0.5) is 11.8 Å². The van der Waals surface area contributed by atoms with Gasteiger partial charge in [-0.1, -0.05) is 6.07 Å². The number of hydrogen-bond acceptors (Lipinski definition) is 7. The van der Waals surface area contributed by atoms with Gasteiger partial charge >= 0.3 is 0 Å². The van der Waals surface area contributed by atoms with Gasteiger partial charge in [0.25, 0.3) is 0 Å². The molecule has 0 radical (unpaired) electrons. The Balaban J connectivity index is 1.99. The van der Waals surface area contributed by atoms with Gasteiger partial charge in [0.1, 0.15) is 10.6 Å². The number of aromatic nitrogens is 3. The van der Waals surface area contributed by atoms with Crippen molar-refractivity contribution in [3.63, 3.8) is 0 Å². The van der Waals surface area contributed by atoms with Crippen LogP contribution in [0.25, 0.3) is 10.2 Å². The van der Waals surface area contributed by atoms with Crippen LogP contribution >= 0.6 is 11.3 Å². The number of nitrogens with one attached hydrogen (secondary N) is 2. The maximum Gasteiger partial charge on any atom is 0.240 e. The minimum atomic E-state index is 0.0372. The molecule has 0 bridgehead atoms. The molecule has 6 nitrogen and oxygen atoms in total. The highest BCUT2D eigenvalue weighted by molar-refractivity contribution is 7.18. The van der Waals surface area contributed by atoms with Crippen molar-refractivity contribution in [1.82, 2.24) is 15.0 Å². The Morgan fingerprint density at radius 2 is 2.14 bits per heavy atom. The van der Waals surface area contributed by atoms with E-state index in [9.17, 15) is 0 Å². The fourth-order valence-corrected chi connectivity index (χ4v) is 3.01. The molecule has 7 heteroatoms. The van der Waals surface area contributed by atoms with Crippen LogP contribution in [-0.2, 0) is 0 Å². The average Bonchev–Trinajstić information content (AvgIpc) is 2.88. The molecule has 1 unspecified atom stereocenters. The van der Waals surface area contributed by atoms with Crippen LogP contribution in [0.2, 0.25) is 0 Å². The molecule has 1 atom stereocenters. The Kier molecular flexibility index (Phi) is 3.68. The molecule has 21 heavy (non-hydrogen) atoms. The SMILES string of the molecule is Cc1cc2c(NC(C)c3ccccn3)nc(NN)nc2s1. The number of pyridine rings is 1. The minimum Gasteiger partial charge on any atom is -0.361 e. The molecule has 0 aliphatic rings. The van der Waals surface area contributed by atoms with Crippen molar-refractivity contribution in [3.8, 4) is 0 Å². The van der Waals surface area contributed by atoms with Crippen molar-refractivity contribution in [2.24, 2.45) is 5.84 Å². The Morgan fingerprint density at radius 3 is 2.86 bits per heavy atom. The maximum absolute atomic E-state index is 5.45. The van der Waals surface area contributed by atoms with E-state index < -0.39 is 0 Å². The summed E-state index contributed by atoms with van der Waals surface area (Å²) in [6.07, 6.45) is 1.78. The number of aryl methyl sites for hydroxylation is 1. The lowest BCUT2D eigenvalue weighted by atomic mass is 10.2. The van der Waals surface area contributed by atoms with Crippen LogP contribution in [-0.4, -0.2) is 15.0 Å². The maximum atomic E-state index is 5.45. The highest BCUT2D eigenvalue weighted by Crippen LogP contribution is 2.31. The van der Waals surface area contributed by atoms with Crippen molar-refractivity contribution in [1.29, 1.82) is 0 Å². The number of hydrogen-bond donors (Lipinski definition) is 3. The summed E-state index contributed by atoms with van der Waals surface area (Å²) in [5.74, 6) is 6.61. The van der Waals surface area contributed by atoms with Crippen LogP contribution in [0.5, 0.6) is 0 Å². The van der Waals surface area contributed by atoms with E-state index in [1.807, 2.05) is 32.0 Å². The molecule has 0 aromatic carbocycles. The van der Waals surface area contributed by atoms with Gasteiger partial charge in [-0.25, -0.2) is 10.8 Å². The number of thiophene rings is 1. The number of anilines is 2. The number of fused-ring (bicyclic) bond motifs is 1. The third-order valence-corrected chi connectivity index (χ3v) is 4.07. The van der Waals surface area contributed by atoms with Crippen LogP contribution in [0.15, 0.2) is 30.5 Å². The van der Waals surface area contributed by atoms with Crippen molar-refractivity contribution < 1.29 is 0 Å². The van der Waals surface area contributed by atoms with E-state index in [1.54, 1.807) is 17.5 Å². The highest BCUT2D eigenvalue weighted by atomic mass is 32.1. The molecule has 0 fully saturated rings. The molecular weight excluding hydrogens is 284 g/mol. The molecule has 0 aliphatic heterocycles. The van der Waals surface area contributed by atoms with Gasteiger partial charge in [0, 0.05) is 11.1 Å². The number of nitrogen functional groups attached to an aromatic ring is 1. The summed E-state index contributed by atoms with van der Waals surface area (Å²) < 4.78 is 0. The molecule has 0 aliphatic carbocycles. The Morgan fingerprint density at radius 1 is 1.29 bits per heavy atom. The molecule has 3 rings (SSSR count). The number of rotatable bonds is 4. The van der Waals surface area contributed by atoms with E-state index in [0.717, 1.165) is 21.7 Å². The van der Waals surface area contributed by atoms with Gasteiger partial charge in [0.2, 0.25) is 5.95 Å². The quantitative estimate of drug-likeness (QED) is 0.507. The normalized spacial score (nSPS) is 12.3. The van der Waals surface area contributed by atoms with Gasteiger partial charge in [-0.3, -0.25) is 10.4 Å². The van der Waals surface area contributed by atoms with Gasteiger partial charge in [0.05, 0.1) is 17.1 Å². The summed E-state index contributed by atoms with van der Waals surface area (Å²) >= 11 is 1.62. The van der Waals surface area contributed by atoms with Crippen LogP contribution in [0.3, 0.4) is 0 Å². The first-order valence-corrected chi connectivity index (χ1v) is 7.41. The lowest BCUT2D eigenvalue weighted by Crippen LogP contribution is -2.14. The van der Waals surface area contributed by atoms with E-state index in [-0.39, 0.29) is 6.04 Å². The van der Waals surface area contributed by atoms with Gasteiger partial charge in [0.15, 0.2) is 0 Å². The van der Waals surface area contributed by atoms with Crippen LogP contribution < -0.4 is 16.6 Å². The molecule has 4 N–H and O–H groups in total. The first kappa shape index (κ1) is 13.7. The second-order valence-electron chi connectivity index (χ2n) is 4.74. The van der Waals surface area contributed by atoms with Gasteiger partial charge in [-0.15, -0.1) is 11.3 Å². The van der Waals surface area contributed by atoms with E-state index in [0.29, 0.717) is 5.95 Å². The highest BCUT2D eigenvalue weighted by Gasteiger charge is 2.13. The van der Waals surface area contributed by atoms with Crippen LogP contribution in [0.1, 0.15) is 23.5 Å². The molecule has 0 spiro atoms. The van der Waals surface area contributed by atoms with Crippen molar-refractivity contribution in [2.45, 2.75) is 19.9 Å². The largest absolute Gasteiger partial charge is 0.361 e. The second-order valence-corrected chi connectivity index (χ2v) is 5.97. The lowest BCUT2D eigenvalue weighted by molar-refractivity contribution is 0.833.